The zero-order valence-electron chi connectivity index (χ0n) is 16.5. The average Bonchev–Trinajstić information content (AvgIpc) is 2.77. The van der Waals surface area contributed by atoms with Crippen molar-refractivity contribution in [3.8, 4) is 0 Å². The summed E-state index contributed by atoms with van der Waals surface area (Å²) in [5.41, 5.74) is 1.10. The molecule has 0 spiro atoms. The second-order valence-electron chi connectivity index (χ2n) is 7.84. The zero-order chi connectivity index (χ0) is 19.8. The van der Waals surface area contributed by atoms with Crippen LogP contribution in [0, 0.1) is 5.92 Å². The van der Waals surface area contributed by atoms with Crippen molar-refractivity contribution in [2.75, 3.05) is 13.2 Å². The Morgan fingerprint density at radius 3 is 2.61 bits per heavy atom. The Hall–Kier alpha value is -2.24. The zero-order valence-corrected chi connectivity index (χ0v) is 16.5. The smallest absolute Gasteiger partial charge is 0.328 e. The number of ketones is 1. The summed E-state index contributed by atoms with van der Waals surface area (Å²) in [6.07, 6.45) is 12.0. The van der Waals surface area contributed by atoms with Gasteiger partial charge in [-0.3, -0.25) is 14.6 Å². The number of ether oxygens (including phenoxy) is 1. The number of Topliss-reactive ketones (excluding diaryl/α,β-unsaturated/α-hetero) is 1. The first-order valence-electron chi connectivity index (χ1n) is 10.6. The highest BCUT2D eigenvalue weighted by Gasteiger charge is 2.38. The van der Waals surface area contributed by atoms with Gasteiger partial charge in [0.25, 0.3) is 5.91 Å². The van der Waals surface area contributed by atoms with E-state index < -0.39 is 11.9 Å². The summed E-state index contributed by atoms with van der Waals surface area (Å²) in [5, 5.41) is 0. The Morgan fingerprint density at radius 2 is 1.86 bits per heavy atom. The van der Waals surface area contributed by atoms with Gasteiger partial charge in [0, 0.05) is 24.9 Å². The fraction of sp³-hybridized carbons (Fsp3) is 0.636. The predicted octanol–water partition coefficient (Wildman–Crippen LogP) is 3.09. The molecule has 1 saturated carbocycles. The van der Waals surface area contributed by atoms with E-state index in [0.29, 0.717) is 26.0 Å². The minimum Gasteiger partial charge on any atom is -0.464 e. The van der Waals surface area contributed by atoms with E-state index in [2.05, 4.69) is 4.98 Å². The van der Waals surface area contributed by atoms with Gasteiger partial charge < -0.3 is 9.64 Å². The SMILES string of the molecule is O=C(C(=O)N1CCCCC1C(=O)OCCCc1cccnc1)C1CCCCC1. The van der Waals surface area contributed by atoms with Crippen LogP contribution in [0.5, 0.6) is 0 Å². The first-order valence-corrected chi connectivity index (χ1v) is 10.6. The summed E-state index contributed by atoms with van der Waals surface area (Å²) in [5.74, 6) is -1.34. The van der Waals surface area contributed by atoms with Crippen LogP contribution in [0.1, 0.15) is 63.4 Å². The average molecular weight is 386 g/mol. The lowest BCUT2D eigenvalue weighted by atomic mass is 9.85. The van der Waals surface area contributed by atoms with Crippen molar-refractivity contribution in [1.29, 1.82) is 0 Å². The predicted molar refractivity (Wildman–Crippen MR) is 104 cm³/mol. The van der Waals surface area contributed by atoms with Gasteiger partial charge in [0.2, 0.25) is 5.78 Å². The van der Waals surface area contributed by atoms with Crippen molar-refractivity contribution in [3.63, 3.8) is 0 Å². The maximum Gasteiger partial charge on any atom is 0.328 e. The number of likely N-dealkylation sites (tertiary alicyclic amines) is 1. The number of esters is 1. The third kappa shape index (κ3) is 5.40. The molecule has 1 saturated heterocycles. The third-order valence-electron chi connectivity index (χ3n) is 5.80. The first kappa shape index (κ1) is 20.5. The lowest BCUT2D eigenvalue weighted by molar-refractivity contribution is -0.160. The van der Waals surface area contributed by atoms with Crippen LogP contribution in [-0.2, 0) is 25.5 Å². The standard InChI is InChI=1S/C22H30N2O4/c25-20(18-10-2-1-3-11-18)21(26)24-14-5-4-12-19(24)22(27)28-15-7-9-17-8-6-13-23-16-17/h6,8,13,16,18-19H,1-5,7,9-12,14-15H2. The van der Waals surface area contributed by atoms with Gasteiger partial charge in [-0.25, -0.2) is 4.79 Å². The minimum absolute atomic E-state index is 0.167. The number of pyridine rings is 1. The van der Waals surface area contributed by atoms with Crippen LogP contribution in [0.15, 0.2) is 24.5 Å². The molecular formula is C22H30N2O4. The monoisotopic (exact) mass is 386 g/mol. The molecule has 1 aliphatic heterocycles. The molecule has 2 fully saturated rings. The highest BCUT2D eigenvalue weighted by molar-refractivity contribution is 6.37. The molecular weight excluding hydrogens is 356 g/mol. The van der Waals surface area contributed by atoms with Crippen LogP contribution in [0.3, 0.4) is 0 Å². The lowest BCUT2D eigenvalue weighted by Gasteiger charge is -2.34. The summed E-state index contributed by atoms with van der Waals surface area (Å²) in [4.78, 5) is 43.6. The molecule has 152 valence electrons. The van der Waals surface area contributed by atoms with E-state index >= 15 is 0 Å². The van der Waals surface area contributed by atoms with Crippen molar-refractivity contribution in [3.05, 3.63) is 30.1 Å². The molecule has 1 aliphatic carbocycles. The molecule has 1 aromatic rings. The third-order valence-corrected chi connectivity index (χ3v) is 5.80. The fourth-order valence-corrected chi connectivity index (χ4v) is 4.19. The molecule has 0 bridgehead atoms. The molecule has 3 rings (SSSR count). The Labute approximate surface area is 166 Å². The van der Waals surface area contributed by atoms with Crippen molar-refractivity contribution < 1.29 is 19.1 Å². The minimum atomic E-state index is -0.618. The number of hydrogen-bond donors (Lipinski definition) is 0. The van der Waals surface area contributed by atoms with Crippen molar-refractivity contribution >= 4 is 17.7 Å². The molecule has 1 aromatic heterocycles. The van der Waals surface area contributed by atoms with Gasteiger partial charge in [-0.1, -0.05) is 25.3 Å². The van der Waals surface area contributed by atoms with E-state index in [0.717, 1.165) is 56.9 Å². The van der Waals surface area contributed by atoms with E-state index in [9.17, 15) is 14.4 Å². The molecule has 1 amide bonds. The lowest BCUT2D eigenvalue weighted by Crippen LogP contribution is -2.52. The van der Waals surface area contributed by atoms with Gasteiger partial charge in [-0.05, 0) is 56.6 Å². The van der Waals surface area contributed by atoms with Gasteiger partial charge in [-0.15, -0.1) is 0 Å². The first-order chi connectivity index (χ1) is 13.7. The van der Waals surface area contributed by atoms with E-state index in [1.54, 1.807) is 12.4 Å². The van der Waals surface area contributed by atoms with Crippen LogP contribution in [0.2, 0.25) is 0 Å². The Kier molecular flexibility index (Phi) is 7.57. The van der Waals surface area contributed by atoms with Crippen LogP contribution in [-0.4, -0.2) is 46.7 Å². The number of carbonyl (C=O) groups excluding carboxylic acids is 3. The van der Waals surface area contributed by atoms with E-state index in [-0.39, 0.29) is 17.7 Å². The largest absolute Gasteiger partial charge is 0.464 e. The highest BCUT2D eigenvalue weighted by atomic mass is 16.5. The van der Waals surface area contributed by atoms with E-state index in [4.69, 9.17) is 4.74 Å². The summed E-state index contributed by atoms with van der Waals surface area (Å²) in [6, 6.07) is 3.26. The number of piperidine rings is 1. The van der Waals surface area contributed by atoms with E-state index in [1.807, 2.05) is 12.1 Å². The molecule has 2 heterocycles. The van der Waals surface area contributed by atoms with Gasteiger partial charge in [0.15, 0.2) is 0 Å². The van der Waals surface area contributed by atoms with Crippen molar-refractivity contribution in [1.82, 2.24) is 9.88 Å². The topological polar surface area (TPSA) is 76.6 Å². The number of carbonyl (C=O) groups is 3. The Bertz CT molecular complexity index is 670. The number of amides is 1. The molecule has 6 nitrogen and oxygen atoms in total. The van der Waals surface area contributed by atoms with E-state index in [1.165, 1.54) is 4.90 Å². The summed E-state index contributed by atoms with van der Waals surface area (Å²) >= 11 is 0. The fourth-order valence-electron chi connectivity index (χ4n) is 4.19. The van der Waals surface area contributed by atoms with Gasteiger partial charge in [0.1, 0.15) is 6.04 Å². The molecule has 2 aliphatic rings. The molecule has 0 aromatic carbocycles. The molecule has 0 N–H and O–H groups in total. The normalized spacial score (nSPS) is 20.6. The summed E-state index contributed by atoms with van der Waals surface area (Å²) in [6.45, 7) is 0.773. The second kappa shape index (κ2) is 10.3. The van der Waals surface area contributed by atoms with Crippen molar-refractivity contribution in [2.24, 2.45) is 5.92 Å². The summed E-state index contributed by atoms with van der Waals surface area (Å²) < 4.78 is 5.44. The van der Waals surface area contributed by atoms with Crippen LogP contribution in [0.4, 0.5) is 0 Å². The van der Waals surface area contributed by atoms with Gasteiger partial charge in [0.05, 0.1) is 6.61 Å². The molecule has 1 unspecified atom stereocenters. The Balaban J connectivity index is 1.50. The van der Waals surface area contributed by atoms with Crippen molar-refractivity contribution in [2.45, 2.75) is 70.3 Å². The molecule has 0 radical (unpaired) electrons. The highest BCUT2D eigenvalue weighted by Crippen LogP contribution is 2.26. The number of rotatable bonds is 7. The van der Waals surface area contributed by atoms with Gasteiger partial charge in [-0.2, -0.15) is 0 Å². The number of aryl methyl sites for hydroxylation is 1. The second-order valence-corrected chi connectivity index (χ2v) is 7.84. The number of nitrogens with zero attached hydrogens (tertiary/aromatic N) is 2. The van der Waals surface area contributed by atoms with Gasteiger partial charge >= 0.3 is 5.97 Å². The molecule has 1 atom stereocenters. The number of hydrogen-bond acceptors (Lipinski definition) is 5. The Morgan fingerprint density at radius 1 is 1.07 bits per heavy atom. The van der Waals surface area contributed by atoms with Crippen LogP contribution < -0.4 is 0 Å². The number of aromatic nitrogens is 1. The molecule has 28 heavy (non-hydrogen) atoms. The maximum absolute atomic E-state index is 12.8. The molecule has 6 heteroatoms. The summed E-state index contributed by atoms with van der Waals surface area (Å²) in [7, 11) is 0. The quantitative estimate of drug-likeness (QED) is 0.409. The van der Waals surface area contributed by atoms with Crippen LogP contribution >= 0.6 is 0 Å². The maximum atomic E-state index is 12.8. The van der Waals surface area contributed by atoms with Crippen LogP contribution in [0.25, 0.3) is 0 Å².